The third-order valence-electron chi connectivity index (χ3n) is 2.20. The lowest BCUT2D eigenvalue weighted by molar-refractivity contribution is 0.0585. The van der Waals surface area contributed by atoms with Gasteiger partial charge in [-0.2, -0.15) is 0 Å². The number of thiophene rings is 1. The lowest BCUT2D eigenvalue weighted by Crippen LogP contribution is -2.30. The first kappa shape index (κ1) is 12.5. The molecule has 0 fully saturated rings. The number of nitrogens with two attached hydrogens (primary N) is 1. The number of halogens is 2. The summed E-state index contributed by atoms with van der Waals surface area (Å²) in [5.74, 6) is 0. The summed E-state index contributed by atoms with van der Waals surface area (Å²) in [6.45, 7) is 4.29. The van der Waals surface area contributed by atoms with Gasteiger partial charge in [-0.05, 0) is 22.0 Å². The molecule has 0 amide bonds. The van der Waals surface area contributed by atoms with E-state index in [2.05, 4.69) is 15.9 Å². The van der Waals surface area contributed by atoms with Crippen LogP contribution in [0.15, 0.2) is 10.5 Å². The van der Waals surface area contributed by atoms with Gasteiger partial charge in [0.25, 0.3) is 0 Å². The van der Waals surface area contributed by atoms with Crippen molar-refractivity contribution in [1.82, 2.24) is 0 Å². The van der Waals surface area contributed by atoms with Gasteiger partial charge in [0.05, 0.1) is 6.10 Å². The highest BCUT2D eigenvalue weighted by Gasteiger charge is 2.29. The van der Waals surface area contributed by atoms with E-state index in [0.29, 0.717) is 10.9 Å². The predicted molar refractivity (Wildman–Crippen MR) is 64.8 cm³/mol. The van der Waals surface area contributed by atoms with Crippen molar-refractivity contribution in [3.05, 3.63) is 19.8 Å². The quantitative estimate of drug-likeness (QED) is 0.900. The third kappa shape index (κ3) is 2.49. The van der Waals surface area contributed by atoms with Crippen molar-refractivity contribution in [3.8, 4) is 0 Å². The normalized spacial score (nSPS) is 14.4. The Morgan fingerprint density at radius 2 is 2.29 bits per heavy atom. The van der Waals surface area contributed by atoms with E-state index in [0.717, 1.165) is 9.35 Å². The van der Waals surface area contributed by atoms with Crippen LogP contribution in [0, 0.1) is 5.41 Å². The Morgan fingerprint density at radius 1 is 1.71 bits per heavy atom. The number of hydrogen-bond donors (Lipinski definition) is 2. The largest absolute Gasteiger partial charge is 0.387 e. The maximum Gasteiger partial charge on any atom is 0.107 e. The van der Waals surface area contributed by atoms with E-state index in [-0.39, 0.29) is 5.41 Å². The second-order valence-electron chi connectivity index (χ2n) is 3.87. The van der Waals surface area contributed by atoms with Crippen molar-refractivity contribution in [2.45, 2.75) is 20.0 Å². The second-order valence-corrected chi connectivity index (χ2v) is 6.41. The molecule has 1 heterocycles. The summed E-state index contributed by atoms with van der Waals surface area (Å²) in [5, 5.41) is 10.0. The fourth-order valence-electron chi connectivity index (χ4n) is 0.995. The van der Waals surface area contributed by atoms with Crippen LogP contribution in [0.1, 0.15) is 24.8 Å². The van der Waals surface area contributed by atoms with Crippen LogP contribution in [0.25, 0.3) is 0 Å². The Hall–Kier alpha value is 0.390. The van der Waals surface area contributed by atoms with Crippen LogP contribution in [0.3, 0.4) is 0 Å². The van der Waals surface area contributed by atoms with Crippen molar-refractivity contribution in [1.29, 1.82) is 0 Å². The highest BCUT2D eigenvalue weighted by molar-refractivity contribution is 9.10. The molecule has 1 rings (SSSR count). The predicted octanol–water partition coefficient (Wildman–Crippen LogP) is 3.18. The minimum absolute atomic E-state index is 0.326. The Balaban J connectivity index is 2.94. The van der Waals surface area contributed by atoms with Crippen LogP contribution < -0.4 is 5.73 Å². The maximum atomic E-state index is 10.0. The molecular formula is C9H13BrClNOS. The molecule has 3 N–H and O–H groups in total. The molecule has 80 valence electrons. The van der Waals surface area contributed by atoms with Gasteiger partial charge in [0, 0.05) is 21.3 Å². The lowest BCUT2D eigenvalue weighted by atomic mass is 9.86. The summed E-state index contributed by atoms with van der Waals surface area (Å²) >= 11 is 10.6. The first-order chi connectivity index (χ1) is 6.38. The van der Waals surface area contributed by atoms with Crippen molar-refractivity contribution < 1.29 is 5.11 Å². The van der Waals surface area contributed by atoms with Gasteiger partial charge in [-0.25, -0.2) is 0 Å². The average Bonchev–Trinajstić information content (AvgIpc) is 2.45. The Bertz CT molecular complexity index is 307. The summed E-state index contributed by atoms with van der Waals surface area (Å²) in [6.07, 6.45) is -0.568. The molecule has 0 spiro atoms. The molecule has 1 atom stereocenters. The van der Waals surface area contributed by atoms with Gasteiger partial charge in [0.15, 0.2) is 0 Å². The number of rotatable bonds is 3. The van der Waals surface area contributed by atoms with E-state index in [1.807, 2.05) is 19.9 Å². The van der Waals surface area contributed by atoms with Gasteiger partial charge in [0.2, 0.25) is 0 Å². The maximum absolute atomic E-state index is 10.0. The van der Waals surface area contributed by atoms with Gasteiger partial charge < -0.3 is 10.8 Å². The molecule has 0 aliphatic carbocycles. The molecule has 1 aromatic rings. The summed E-state index contributed by atoms with van der Waals surface area (Å²) in [6, 6.07) is 1.84. The summed E-state index contributed by atoms with van der Waals surface area (Å²) < 4.78 is 1.48. The Morgan fingerprint density at radius 3 is 2.64 bits per heavy atom. The van der Waals surface area contributed by atoms with E-state index in [9.17, 15) is 5.11 Å². The molecule has 0 saturated carbocycles. The monoisotopic (exact) mass is 297 g/mol. The van der Waals surface area contributed by atoms with E-state index >= 15 is 0 Å². The Kier molecular flexibility index (Phi) is 4.00. The number of aliphatic hydroxyl groups excluding tert-OH is 1. The van der Waals surface area contributed by atoms with Crippen molar-refractivity contribution in [2.24, 2.45) is 11.1 Å². The molecule has 0 aliphatic heterocycles. The van der Waals surface area contributed by atoms with Crippen molar-refractivity contribution in [2.75, 3.05) is 6.54 Å². The smallest absolute Gasteiger partial charge is 0.107 e. The fourth-order valence-corrected chi connectivity index (χ4v) is 2.93. The van der Waals surface area contributed by atoms with Crippen molar-refractivity contribution >= 4 is 38.9 Å². The van der Waals surface area contributed by atoms with Crippen LogP contribution in [-0.2, 0) is 0 Å². The van der Waals surface area contributed by atoms with Crippen LogP contribution in [0.4, 0.5) is 0 Å². The first-order valence-corrected chi connectivity index (χ1v) is 6.20. The van der Waals surface area contributed by atoms with Crippen molar-refractivity contribution in [3.63, 3.8) is 0 Å². The summed E-state index contributed by atoms with van der Waals surface area (Å²) in [4.78, 5) is 0.845. The summed E-state index contributed by atoms with van der Waals surface area (Å²) in [7, 11) is 0. The van der Waals surface area contributed by atoms with Gasteiger partial charge in [-0.15, -0.1) is 11.3 Å². The minimum Gasteiger partial charge on any atom is -0.387 e. The molecule has 0 aromatic carbocycles. The highest BCUT2D eigenvalue weighted by Crippen LogP contribution is 2.41. The van der Waals surface area contributed by atoms with E-state index in [4.69, 9.17) is 17.3 Å². The Labute approximate surface area is 101 Å². The molecule has 0 radical (unpaired) electrons. The zero-order valence-corrected chi connectivity index (χ0v) is 11.2. The lowest BCUT2D eigenvalue weighted by Gasteiger charge is -2.27. The topological polar surface area (TPSA) is 46.2 Å². The molecule has 1 aromatic heterocycles. The van der Waals surface area contributed by atoms with E-state index in [1.165, 1.54) is 11.3 Å². The van der Waals surface area contributed by atoms with Crippen LogP contribution in [-0.4, -0.2) is 11.7 Å². The van der Waals surface area contributed by atoms with E-state index < -0.39 is 6.10 Å². The molecule has 1 unspecified atom stereocenters. The van der Waals surface area contributed by atoms with Crippen LogP contribution >= 0.6 is 38.9 Å². The van der Waals surface area contributed by atoms with Gasteiger partial charge >= 0.3 is 0 Å². The van der Waals surface area contributed by atoms with Gasteiger partial charge in [0.1, 0.15) is 4.34 Å². The SMILES string of the molecule is CC(C)(CN)C(O)c1cc(Br)c(Cl)s1. The standard InChI is InChI=1S/C9H13BrClNOS/c1-9(2,4-12)7(13)6-3-5(10)8(11)14-6/h3,7,13H,4,12H2,1-2H3. The third-order valence-corrected chi connectivity index (χ3v) is 4.73. The zero-order valence-electron chi connectivity index (χ0n) is 8.05. The molecule has 0 aliphatic rings. The molecule has 14 heavy (non-hydrogen) atoms. The van der Waals surface area contributed by atoms with Gasteiger partial charge in [-0.3, -0.25) is 0 Å². The second kappa shape index (κ2) is 4.49. The first-order valence-electron chi connectivity index (χ1n) is 4.21. The van der Waals surface area contributed by atoms with Crippen LogP contribution in [0.2, 0.25) is 4.34 Å². The minimum atomic E-state index is -0.568. The summed E-state index contributed by atoms with van der Waals surface area (Å²) in [5.41, 5.74) is 5.26. The molecule has 5 heteroatoms. The highest BCUT2D eigenvalue weighted by atomic mass is 79.9. The van der Waals surface area contributed by atoms with Crippen LogP contribution in [0.5, 0.6) is 0 Å². The molecule has 0 bridgehead atoms. The number of aliphatic hydroxyl groups is 1. The molecule has 2 nitrogen and oxygen atoms in total. The van der Waals surface area contributed by atoms with Gasteiger partial charge in [-0.1, -0.05) is 25.4 Å². The fraction of sp³-hybridized carbons (Fsp3) is 0.556. The number of hydrogen-bond acceptors (Lipinski definition) is 3. The molecule has 0 saturated heterocycles. The molecular weight excluding hydrogens is 286 g/mol. The average molecular weight is 299 g/mol. The van der Waals surface area contributed by atoms with E-state index in [1.54, 1.807) is 0 Å². The zero-order chi connectivity index (χ0) is 10.9.